The lowest BCUT2D eigenvalue weighted by Crippen LogP contribution is -2.28. The second-order valence-corrected chi connectivity index (χ2v) is 5.42. The second kappa shape index (κ2) is 6.95. The van der Waals surface area contributed by atoms with Gasteiger partial charge >= 0.3 is 0 Å². The first kappa shape index (κ1) is 16.5. The minimum Gasteiger partial charge on any atom is -0.388 e. The van der Waals surface area contributed by atoms with Crippen LogP contribution in [0, 0.1) is 5.41 Å². The van der Waals surface area contributed by atoms with Crippen molar-refractivity contribution in [1.82, 2.24) is 9.88 Å². The van der Waals surface area contributed by atoms with Crippen LogP contribution in [-0.4, -0.2) is 40.6 Å². The molecule has 2 heterocycles. The molecule has 0 bridgehead atoms. The fraction of sp³-hybridized carbons (Fsp3) is 0.429. The van der Waals surface area contributed by atoms with Gasteiger partial charge in [-0.25, -0.2) is 0 Å². The van der Waals surface area contributed by atoms with Gasteiger partial charge in [0.2, 0.25) is 5.91 Å². The number of aromatic nitrogens is 1. The second-order valence-electron chi connectivity index (χ2n) is 5.42. The normalized spacial score (nSPS) is 16.7. The Balaban J connectivity index is 1.96. The first-order valence-electron chi connectivity index (χ1n) is 7.27. The van der Waals surface area contributed by atoms with E-state index in [1.807, 2.05) is 0 Å². The summed E-state index contributed by atoms with van der Waals surface area (Å²) in [6.45, 7) is 0.289. The largest absolute Gasteiger partial charge is 0.388 e. The average Bonchev–Trinajstić information content (AvgIpc) is 3.04. The molecule has 9 nitrogen and oxygen atoms in total. The molecule has 0 fully saturated rings. The molecule has 0 spiro atoms. The third-order valence-electron chi connectivity index (χ3n) is 3.48. The van der Waals surface area contributed by atoms with Gasteiger partial charge in [0, 0.05) is 32.6 Å². The summed E-state index contributed by atoms with van der Waals surface area (Å²) in [5.41, 5.74) is 11.7. The molecule has 7 N–H and O–H groups in total. The molecule has 0 saturated heterocycles. The Hall–Kier alpha value is -2.84. The molecule has 0 saturated carbocycles. The smallest absolute Gasteiger partial charge is 0.267 e. The van der Waals surface area contributed by atoms with E-state index >= 15 is 0 Å². The van der Waals surface area contributed by atoms with Gasteiger partial charge in [0.15, 0.2) is 0 Å². The van der Waals surface area contributed by atoms with Gasteiger partial charge in [-0.1, -0.05) is 0 Å². The molecule has 1 aromatic heterocycles. The van der Waals surface area contributed by atoms with E-state index in [2.05, 4.69) is 15.6 Å². The van der Waals surface area contributed by atoms with Crippen LogP contribution in [0.2, 0.25) is 0 Å². The number of anilines is 1. The van der Waals surface area contributed by atoms with Gasteiger partial charge in [0.1, 0.15) is 11.7 Å². The number of hydrogen-bond donors (Lipinski definition) is 5. The molecule has 0 radical (unpaired) electrons. The number of hydrogen-bond acceptors (Lipinski definition) is 5. The number of amidine groups is 2. The molecular formula is C14H21N7O2. The molecule has 1 aliphatic rings. The highest BCUT2D eigenvalue weighted by molar-refractivity contribution is 6.00. The van der Waals surface area contributed by atoms with Crippen LogP contribution in [0.15, 0.2) is 17.3 Å². The monoisotopic (exact) mass is 319 g/mol. The maximum atomic E-state index is 12.1. The standard InChI is InChI=1S/C14H21N7O2/c1-21-7-8(19-13(22)9-2-3-12(17)20-9)6-10(21)14(23)18-5-4-11(15)16/h6-7,9H,2-5H2,1H3,(H3,15,16)(H2,17,20)(H,18,23)(H,19,22)/t9-/m0/s1. The Bertz CT molecular complexity index is 662. The Kier molecular flexibility index (Phi) is 4.99. The van der Waals surface area contributed by atoms with E-state index in [0.29, 0.717) is 36.5 Å². The number of aliphatic imine (C=N–C) groups is 1. The number of aryl methyl sites for hydroxylation is 1. The lowest BCUT2D eigenvalue weighted by atomic mass is 10.2. The number of carbonyl (C=O) groups is 2. The summed E-state index contributed by atoms with van der Waals surface area (Å²) in [7, 11) is 1.71. The highest BCUT2D eigenvalue weighted by Crippen LogP contribution is 2.16. The van der Waals surface area contributed by atoms with Crippen molar-refractivity contribution in [3.8, 4) is 0 Å². The van der Waals surface area contributed by atoms with Crippen molar-refractivity contribution in [1.29, 1.82) is 5.41 Å². The highest BCUT2D eigenvalue weighted by atomic mass is 16.2. The summed E-state index contributed by atoms with van der Waals surface area (Å²) in [5, 5.41) is 12.5. The quantitative estimate of drug-likeness (QED) is 0.356. The van der Waals surface area contributed by atoms with Crippen LogP contribution in [0.25, 0.3) is 0 Å². The van der Waals surface area contributed by atoms with Gasteiger partial charge in [0.25, 0.3) is 5.91 Å². The molecule has 23 heavy (non-hydrogen) atoms. The fourth-order valence-corrected chi connectivity index (χ4v) is 2.29. The van der Waals surface area contributed by atoms with E-state index in [9.17, 15) is 9.59 Å². The molecule has 124 valence electrons. The van der Waals surface area contributed by atoms with Crippen molar-refractivity contribution < 1.29 is 9.59 Å². The Morgan fingerprint density at radius 2 is 2.26 bits per heavy atom. The zero-order valence-electron chi connectivity index (χ0n) is 12.9. The summed E-state index contributed by atoms with van der Waals surface area (Å²) in [4.78, 5) is 28.2. The fourth-order valence-electron chi connectivity index (χ4n) is 2.29. The van der Waals surface area contributed by atoms with Crippen LogP contribution in [0.5, 0.6) is 0 Å². The average molecular weight is 319 g/mol. The number of nitrogens with zero attached hydrogens (tertiary/aromatic N) is 2. The summed E-state index contributed by atoms with van der Waals surface area (Å²) >= 11 is 0. The van der Waals surface area contributed by atoms with Gasteiger partial charge in [-0.2, -0.15) is 0 Å². The lowest BCUT2D eigenvalue weighted by Gasteiger charge is -2.06. The number of rotatable bonds is 6. The van der Waals surface area contributed by atoms with Crippen molar-refractivity contribution in [2.45, 2.75) is 25.3 Å². The zero-order chi connectivity index (χ0) is 17.0. The predicted octanol–water partition coefficient (Wildman–Crippen LogP) is -0.461. The van der Waals surface area contributed by atoms with E-state index in [-0.39, 0.29) is 24.2 Å². The van der Waals surface area contributed by atoms with Gasteiger partial charge in [-0.15, -0.1) is 0 Å². The van der Waals surface area contributed by atoms with E-state index in [1.54, 1.807) is 23.9 Å². The third-order valence-corrected chi connectivity index (χ3v) is 3.48. The highest BCUT2D eigenvalue weighted by Gasteiger charge is 2.23. The van der Waals surface area contributed by atoms with E-state index in [4.69, 9.17) is 16.9 Å². The maximum Gasteiger partial charge on any atom is 0.267 e. The van der Waals surface area contributed by atoms with Crippen LogP contribution in [0.1, 0.15) is 29.8 Å². The van der Waals surface area contributed by atoms with Crippen molar-refractivity contribution in [2.24, 2.45) is 23.5 Å². The molecule has 2 rings (SSSR count). The lowest BCUT2D eigenvalue weighted by molar-refractivity contribution is -0.117. The minimum absolute atomic E-state index is 0.0153. The molecule has 1 atom stereocenters. The van der Waals surface area contributed by atoms with Gasteiger partial charge in [0.05, 0.1) is 17.4 Å². The zero-order valence-corrected chi connectivity index (χ0v) is 12.9. The third kappa shape index (κ3) is 4.31. The molecule has 1 aromatic rings. The van der Waals surface area contributed by atoms with Crippen LogP contribution in [0.3, 0.4) is 0 Å². The molecule has 0 aromatic carbocycles. The molecular weight excluding hydrogens is 298 g/mol. The topological polar surface area (TPSA) is 151 Å². The van der Waals surface area contributed by atoms with E-state index in [1.165, 1.54) is 0 Å². The van der Waals surface area contributed by atoms with E-state index in [0.717, 1.165) is 0 Å². The number of carbonyl (C=O) groups excluding carboxylic acids is 2. The van der Waals surface area contributed by atoms with Crippen LogP contribution >= 0.6 is 0 Å². The van der Waals surface area contributed by atoms with Crippen LogP contribution in [-0.2, 0) is 11.8 Å². The summed E-state index contributed by atoms with van der Waals surface area (Å²) < 4.78 is 1.62. The predicted molar refractivity (Wildman–Crippen MR) is 87.6 cm³/mol. The molecule has 0 aliphatic carbocycles. The van der Waals surface area contributed by atoms with Crippen molar-refractivity contribution in [3.05, 3.63) is 18.0 Å². The Morgan fingerprint density at radius 1 is 1.52 bits per heavy atom. The molecule has 2 amide bonds. The van der Waals surface area contributed by atoms with Gasteiger partial charge in [-0.3, -0.25) is 20.0 Å². The molecule has 9 heteroatoms. The SMILES string of the molecule is Cn1cc(NC(=O)[C@@H]2CCC(N)=N2)cc1C(=O)NCCC(=N)N. The number of nitrogens with two attached hydrogens (primary N) is 2. The van der Waals surface area contributed by atoms with Crippen LogP contribution < -0.4 is 22.1 Å². The van der Waals surface area contributed by atoms with E-state index < -0.39 is 6.04 Å². The van der Waals surface area contributed by atoms with Crippen molar-refractivity contribution in [3.63, 3.8) is 0 Å². The molecule has 0 unspecified atom stereocenters. The maximum absolute atomic E-state index is 12.1. The van der Waals surface area contributed by atoms with Gasteiger partial charge < -0.3 is 26.7 Å². The summed E-state index contributed by atoms with van der Waals surface area (Å²) in [5.74, 6) is -0.0257. The van der Waals surface area contributed by atoms with Crippen molar-refractivity contribution in [2.75, 3.05) is 11.9 Å². The van der Waals surface area contributed by atoms with Crippen molar-refractivity contribution >= 4 is 29.2 Å². The number of nitrogens with one attached hydrogen (secondary N) is 3. The number of amides is 2. The summed E-state index contributed by atoms with van der Waals surface area (Å²) in [6, 6.07) is 1.12. The molecule has 1 aliphatic heterocycles. The first-order chi connectivity index (χ1) is 10.9. The Morgan fingerprint density at radius 3 is 2.87 bits per heavy atom. The first-order valence-corrected chi connectivity index (χ1v) is 7.27. The van der Waals surface area contributed by atoms with Crippen LogP contribution in [0.4, 0.5) is 5.69 Å². The minimum atomic E-state index is -0.469. The van der Waals surface area contributed by atoms with Gasteiger partial charge in [-0.05, 0) is 12.5 Å². The Labute approximate surface area is 133 Å². The summed E-state index contributed by atoms with van der Waals surface area (Å²) in [6.07, 6.45) is 3.17.